The Bertz CT molecular complexity index is 1300. The van der Waals surface area contributed by atoms with Crippen LogP contribution in [-0.2, 0) is 19.6 Å². The molecule has 4 aromatic rings. The maximum atomic E-state index is 5.91. The number of hydrogen-bond donors (Lipinski definition) is 1. The third-order valence-electron chi connectivity index (χ3n) is 6.76. The van der Waals surface area contributed by atoms with Gasteiger partial charge < -0.3 is 14.8 Å². The fraction of sp³-hybridized carbons (Fsp3) is 0.414. The van der Waals surface area contributed by atoms with Crippen molar-refractivity contribution in [2.45, 2.75) is 52.2 Å². The van der Waals surface area contributed by atoms with E-state index in [0.717, 1.165) is 41.7 Å². The summed E-state index contributed by atoms with van der Waals surface area (Å²) in [7, 11) is 1.68. The largest absolute Gasteiger partial charge is 0.497 e. The van der Waals surface area contributed by atoms with Crippen LogP contribution >= 0.6 is 0 Å². The first-order valence-corrected chi connectivity index (χ1v) is 13.2. The minimum atomic E-state index is 0.372. The van der Waals surface area contributed by atoms with Crippen LogP contribution in [0.15, 0.2) is 54.7 Å². The average molecular weight is 501 g/mol. The fourth-order valence-electron chi connectivity index (χ4n) is 4.65. The molecule has 1 saturated heterocycles. The molecule has 0 aliphatic carbocycles. The van der Waals surface area contributed by atoms with Gasteiger partial charge in [0.15, 0.2) is 5.65 Å². The number of benzene rings is 2. The molecule has 0 amide bonds. The van der Waals surface area contributed by atoms with Crippen LogP contribution in [0, 0.1) is 0 Å². The van der Waals surface area contributed by atoms with Crippen molar-refractivity contribution in [2.24, 2.45) is 0 Å². The number of nitrogens with zero attached hydrogens (tertiary/aromatic N) is 5. The molecule has 8 heteroatoms. The molecule has 0 bridgehead atoms. The van der Waals surface area contributed by atoms with Gasteiger partial charge in [0, 0.05) is 13.1 Å². The summed E-state index contributed by atoms with van der Waals surface area (Å²) in [6, 6.07) is 17.2. The summed E-state index contributed by atoms with van der Waals surface area (Å²) in [5.74, 6) is 1.54. The number of fused-ring (bicyclic) bond motifs is 1. The van der Waals surface area contributed by atoms with E-state index in [0.29, 0.717) is 31.5 Å². The van der Waals surface area contributed by atoms with Gasteiger partial charge in [0.25, 0.3) is 0 Å². The highest BCUT2D eigenvalue weighted by molar-refractivity contribution is 5.86. The number of anilines is 1. The fourth-order valence-corrected chi connectivity index (χ4v) is 4.65. The predicted molar refractivity (Wildman–Crippen MR) is 146 cm³/mol. The zero-order valence-electron chi connectivity index (χ0n) is 21.8. The number of unbranched alkanes of at least 4 members (excludes halogenated alkanes) is 1. The van der Waals surface area contributed by atoms with Crippen LogP contribution < -0.4 is 14.8 Å². The van der Waals surface area contributed by atoms with Crippen LogP contribution in [0.1, 0.15) is 49.3 Å². The van der Waals surface area contributed by atoms with Gasteiger partial charge in [0.05, 0.1) is 31.8 Å². The van der Waals surface area contributed by atoms with Gasteiger partial charge in [0.1, 0.15) is 11.6 Å². The molecule has 194 valence electrons. The maximum Gasteiger partial charge on any atom is 0.320 e. The van der Waals surface area contributed by atoms with E-state index in [-0.39, 0.29) is 0 Å². The molecular formula is C29H36N6O2. The van der Waals surface area contributed by atoms with Crippen LogP contribution in [0.2, 0.25) is 0 Å². The highest BCUT2D eigenvalue weighted by Gasteiger charge is 2.15. The Morgan fingerprint density at radius 2 is 1.73 bits per heavy atom. The highest BCUT2D eigenvalue weighted by atomic mass is 16.5. The Morgan fingerprint density at radius 3 is 2.49 bits per heavy atom. The first-order valence-electron chi connectivity index (χ1n) is 13.2. The Hall–Kier alpha value is -3.65. The van der Waals surface area contributed by atoms with Crippen LogP contribution in [0.25, 0.3) is 11.0 Å². The molecule has 5 rings (SSSR count). The van der Waals surface area contributed by atoms with Crippen molar-refractivity contribution in [1.82, 2.24) is 24.6 Å². The minimum Gasteiger partial charge on any atom is -0.497 e. The number of aromatic nitrogens is 4. The molecule has 0 saturated carbocycles. The summed E-state index contributed by atoms with van der Waals surface area (Å²) in [6.45, 7) is 7.40. The second kappa shape index (κ2) is 12.1. The molecule has 0 radical (unpaired) electrons. The zero-order valence-corrected chi connectivity index (χ0v) is 21.8. The van der Waals surface area contributed by atoms with E-state index in [1.54, 1.807) is 7.11 Å². The number of hydrogen-bond acceptors (Lipinski definition) is 7. The molecular weight excluding hydrogens is 464 g/mol. The lowest BCUT2D eigenvalue weighted by Crippen LogP contribution is -2.18. The quantitative estimate of drug-likeness (QED) is 0.266. The Kier molecular flexibility index (Phi) is 8.15. The highest BCUT2D eigenvalue weighted by Crippen LogP contribution is 2.25. The summed E-state index contributed by atoms with van der Waals surface area (Å²) in [4.78, 5) is 11.9. The van der Waals surface area contributed by atoms with Crippen molar-refractivity contribution in [3.63, 3.8) is 0 Å². The Labute approximate surface area is 218 Å². The van der Waals surface area contributed by atoms with E-state index in [1.165, 1.54) is 37.1 Å². The van der Waals surface area contributed by atoms with Gasteiger partial charge >= 0.3 is 6.01 Å². The van der Waals surface area contributed by atoms with Crippen LogP contribution in [-0.4, -0.2) is 51.5 Å². The predicted octanol–water partition coefficient (Wildman–Crippen LogP) is 5.27. The van der Waals surface area contributed by atoms with Gasteiger partial charge in [-0.05, 0) is 61.2 Å². The first-order chi connectivity index (χ1) is 18.2. The van der Waals surface area contributed by atoms with Gasteiger partial charge in [-0.15, -0.1) is 0 Å². The van der Waals surface area contributed by atoms with Gasteiger partial charge in [-0.1, -0.05) is 49.7 Å². The number of rotatable bonds is 12. The third kappa shape index (κ3) is 6.38. The lowest BCUT2D eigenvalue weighted by molar-refractivity contribution is 0.286. The Morgan fingerprint density at radius 1 is 0.946 bits per heavy atom. The normalized spacial score (nSPS) is 13.8. The lowest BCUT2D eigenvalue weighted by Gasteiger charge is -2.14. The molecule has 0 spiro atoms. The van der Waals surface area contributed by atoms with Crippen molar-refractivity contribution < 1.29 is 9.47 Å². The standard InChI is InChI=1S/C29H36N6O2/c1-3-4-16-37-29-32-27(30-18-24-8-7-9-25(17-24)36-2)26-19-31-35(28(26)33-29)21-23-12-10-22(11-13-23)20-34-14-5-6-15-34/h7-13,17,19H,3-6,14-16,18,20-21H2,1-2H3,(H,30,32,33). The third-order valence-corrected chi connectivity index (χ3v) is 6.76. The average Bonchev–Trinajstić information content (AvgIpc) is 3.59. The van der Waals surface area contributed by atoms with E-state index in [1.807, 2.05) is 29.1 Å². The SMILES string of the molecule is CCCCOc1nc(NCc2cccc(OC)c2)c2cnn(Cc3ccc(CN4CCCC4)cc3)c2n1. The van der Waals surface area contributed by atoms with Crippen molar-refractivity contribution in [3.8, 4) is 11.8 Å². The molecule has 2 aromatic heterocycles. The summed E-state index contributed by atoms with van der Waals surface area (Å²) < 4.78 is 13.2. The summed E-state index contributed by atoms with van der Waals surface area (Å²) in [5.41, 5.74) is 4.40. The summed E-state index contributed by atoms with van der Waals surface area (Å²) in [6.07, 6.45) is 6.46. The monoisotopic (exact) mass is 500 g/mol. The van der Waals surface area contributed by atoms with Crippen LogP contribution in [0.3, 0.4) is 0 Å². The number of likely N-dealkylation sites (tertiary alicyclic amines) is 1. The molecule has 1 N–H and O–H groups in total. The van der Waals surface area contributed by atoms with Gasteiger partial charge in [0.2, 0.25) is 0 Å². The molecule has 37 heavy (non-hydrogen) atoms. The van der Waals surface area contributed by atoms with Crippen molar-refractivity contribution in [1.29, 1.82) is 0 Å². The van der Waals surface area contributed by atoms with E-state index < -0.39 is 0 Å². The Balaban J connectivity index is 1.36. The lowest BCUT2D eigenvalue weighted by atomic mass is 10.1. The van der Waals surface area contributed by atoms with Crippen molar-refractivity contribution in [3.05, 3.63) is 71.4 Å². The van der Waals surface area contributed by atoms with Crippen LogP contribution in [0.4, 0.5) is 5.82 Å². The smallest absolute Gasteiger partial charge is 0.320 e. The number of nitrogens with one attached hydrogen (secondary N) is 1. The van der Waals surface area contributed by atoms with Crippen molar-refractivity contribution in [2.75, 3.05) is 32.1 Å². The molecule has 1 aliphatic rings. The van der Waals surface area contributed by atoms with Crippen molar-refractivity contribution >= 4 is 16.9 Å². The molecule has 2 aromatic carbocycles. The summed E-state index contributed by atoms with van der Waals surface area (Å²) >= 11 is 0. The zero-order chi connectivity index (χ0) is 25.5. The molecule has 3 heterocycles. The summed E-state index contributed by atoms with van der Waals surface area (Å²) in [5, 5.41) is 9.00. The molecule has 1 fully saturated rings. The van der Waals surface area contributed by atoms with E-state index in [9.17, 15) is 0 Å². The van der Waals surface area contributed by atoms with Gasteiger partial charge in [-0.25, -0.2) is 4.68 Å². The van der Waals surface area contributed by atoms with E-state index in [4.69, 9.17) is 14.5 Å². The van der Waals surface area contributed by atoms with E-state index >= 15 is 0 Å². The first kappa shape index (κ1) is 25.0. The van der Waals surface area contributed by atoms with Gasteiger partial charge in [-0.3, -0.25) is 4.90 Å². The second-order valence-corrected chi connectivity index (χ2v) is 9.60. The van der Waals surface area contributed by atoms with Gasteiger partial charge in [-0.2, -0.15) is 15.1 Å². The number of ether oxygens (including phenoxy) is 2. The molecule has 8 nitrogen and oxygen atoms in total. The molecule has 0 atom stereocenters. The maximum absolute atomic E-state index is 5.91. The van der Waals surface area contributed by atoms with Crippen LogP contribution in [0.5, 0.6) is 11.8 Å². The van der Waals surface area contributed by atoms with E-state index in [2.05, 4.69) is 57.6 Å². The molecule has 0 unspecified atom stereocenters. The topological polar surface area (TPSA) is 77.3 Å². The second-order valence-electron chi connectivity index (χ2n) is 9.60. The minimum absolute atomic E-state index is 0.372. The molecule has 1 aliphatic heterocycles. The number of methoxy groups -OCH3 is 1.